The number of rotatable bonds is 11. The van der Waals surface area contributed by atoms with Gasteiger partial charge < -0.3 is 17.1 Å². The fourth-order valence-electron chi connectivity index (χ4n) is 3.56. The van der Waals surface area contributed by atoms with E-state index in [1.54, 1.807) is 7.11 Å². The smallest absolute Gasteiger partial charge is 0.315 e. The Bertz CT molecular complexity index is 596. The van der Waals surface area contributed by atoms with Crippen LogP contribution in [-0.2, 0) is 18.8 Å². The lowest BCUT2D eigenvalue weighted by Crippen LogP contribution is -2.56. The van der Waals surface area contributed by atoms with Crippen LogP contribution in [0.2, 0.25) is 65.0 Å². The molecule has 0 spiro atoms. The maximum Gasteiger partial charge on any atom is 0.315 e. The first kappa shape index (κ1) is 24.8. The van der Waals surface area contributed by atoms with Crippen LogP contribution >= 0.6 is 0 Å². The average Bonchev–Trinajstić information content (AvgIpc) is 2.41. The van der Waals surface area contributed by atoms with Gasteiger partial charge in [0.2, 0.25) is 0 Å². The van der Waals surface area contributed by atoms with E-state index in [-0.39, 0.29) is 0 Å². The van der Waals surface area contributed by atoms with Gasteiger partial charge in [-0.1, -0.05) is 18.2 Å². The van der Waals surface area contributed by atoms with Gasteiger partial charge in [-0.2, -0.15) is 0 Å². The van der Waals surface area contributed by atoms with E-state index in [0.717, 1.165) is 24.6 Å². The van der Waals surface area contributed by atoms with Crippen molar-refractivity contribution >= 4 is 33.8 Å². The summed E-state index contributed by atoms with van der Waals surface area (Å²) < 4.78 is 25.3. The highest BCUT2D eigenvalue weighted by molar-refractivity contribution is 6.89. The first-order valence-electron chi connectivity index (χ1n) is 9.87. The van der Waals surface area contributed by atoms with Crippen LogP contribution < -0.4 is 4.74 Å². The topological polar surface area (TPSA) is 36.9 Å². The molecule has 27 heavy (non-hydrogen) atoms. The zero-order valence-electron chi connectivity index (χ0n) is 19.1. The van der Waals surface area contributed by atoms with E-state index in [2.05, 4.69) is 71.1 Å². The lowest BCUT2D eigenvalue weighted by Gasteiger charge is -2.41. The highest BCUT2D eigenvalue weighted by Gasteiger charge is 2.44. The van der Waals surface area contributed by atoms with E-state index in [9.17, 15) is 0 Å². The molecule has 8 heteroatoms. The molecule has 0 saturated heterocycles. The maximum absolute atomic E-state index is 6.74. The Hall–Kier alpha value is -0.232. The number of aryl methyl sites for hydroxylation is 1. The first-order valence-corrected chi connectivity index (χ1v) is 22.0. The Morgan fingerprint density at radius 3 is 1.81 bits per heavy atom. The monoisotopic (exact) mass is 444 g/mol. The average molecular weight is 445 g/mol. The molecular formula is C19H40O4Si4. The zero-order valence-corrected chi connectivity index (χ0v) is 23.1. The second-order valence-corrected chi connectivity index (χ2v) is 26.2. The van der Waals surface area contributed by atoms with Gasteiger partial charge in [0, 0.05) is 0 Å². The molecule has 0 saturated carbocycles. The van der Waals surface area contributed by atoms with E-state index in [1.807, 2.05) is 12.1 Å². The second-order valence-electron chi connectivity index (χ2n) is 9.73. The molecule has 0 amide bonds. The van der Waals surface area contributed by atoms with Crippen molar-refractivity contribution in [2.45, 2.75) is 77.8 Å². The molecule has 1 aromatic carbocycles. The minimum atomic E-state index is -2.32. The Morgan fingerprint density at radius 1 is 0.741 bits per heavy atom. The van der Waals surface area contributed by atoms with Crippen LogP contribution in [-0.4, -0.2) is 40.9 Å². The van der Waals surface area contributed by atoms with Crippen LogP contribution in [0.4, 0.5) is 0 Å². The molecule has 1 unspecified atom stereocenters. The summed E-state index contributed by atoms with van der Waals surface area (Å²) in [5.74, 6) is 0.963. The number of benzene rings is 1. The lowest BCUT2D eigenvalue weighted by atomic mass is 10.1. The third-order valence-corrected chi connectivity index (χ3v) is 17.4. The molecule has 0 N–H and O–H groups in total. The number of ether oxygens (including phenoxy) is 1. The van der Waals surface area contributed by atoms with E-state index in [0.29, 0.717) is 0 Å². The van der Waals surface area contributed by atoms with Crippen LogP contribution in [0.1, 0.15) is 12.0 Å². The van der Waals surface area contributed by atoms with Crippen molar-refractivity contribution in [3.8, 4) is 5.75 Å². The fraction of sp³-hybridized carbons (Fsp3) is 0.684. The molecule has 0 bridgehead atoms. The maximum atomic E-state index is 6.74. The highest BCUT2D eigenvalue weighted by atomic mass is 28.5. The van der Waals surface area contributed by atoms with Crippen molar-refractivity contribution < 1.29 is 17.1 Å². The molecule has 0 heterocycles. The largest absolute Gasteiger partial charge is 0.496 e. The van der Waals surface area contributed by atoms with E-state index < -0.39 is 33.8 Å². The van der Waals surface area contributed by atoms with Crippen LogP contribution in [0.3, 0.4) is 0 Å². The van der Waals surface area contributed by atoms with E-state index >= 15 is 0 Å². The molecular weight excluding hydrogens is 405 g/mol. The fourth-order valence-corrected chi connectivity index (χ4v) is 21.5. The number of hydrogen-bond acceptors (Lipinski definition) is 4. The van der Waals surface area contributed by atoms with E-state index in [4.69, 9.17) is 17.1 Å². The predicted molar refractivity (Wildman–Crippen MR) is 125 cm³/mol. The normalized spacial score (nSPS) is 15.5. The van der Waals surface area contributed by atoms with Gasteiger partial charge in [-0.3, -0.25) is 0 Å². The first-order chi connectivity index (χ1) is 12.1. The van der Waals surface area contributed by atoms with Crippen molar-refractivity contribution in [2.24, 2.45) is 0 Å². The van der Waals surface area contributed by atoms with Gasteiger partial charge in [0.05, 0.1) is 7.11 Å². The molecule has 0 aliphatic carbocycles. The van der Waals surface area contributed by atoms with Crippen molar-refractivity contribution in [3.63, 3.8) is 0 Å². The zero-order chi connectivity index (χ0) is 20.9. The summed E-state index contributed by atoms with van der Waals surface area (Å²) in [6.07, 6.45) is 2.01. The standard InChI is InChI=1S/C19H40O4Si4/c1-20-19-16-12-11-14-18(19)15-13-17-27(10,22-25(5,6)7)23-26(8,9)21-24(2,3)4/h11-12,14,16H,13,15,17H2,1-10H3. The quantitative estimate of drug-likeness (QED) is 0.385. The summed E-state index contributed by atoms with van der Waals surface area (Å²) in [6, 6.07) is 9.23. The molecule has 0 fully saturated rings. The number of hydrogen-bond donors (Lipinski definition) is 0. The van der Waals surface area contributed by atoms with Crippen LogP contribution in [0.15, 0.2) is 24.3 Å². The molecule has 0 radical (unpaired) electrons. The Kier molecular flexibility index (Phi) is 8.74. The van der Waals surface area contributed by atoms with Crippen LogP contribution in [0.25, 0.3) is 0 Å². The Labute approximate surface area is 171 Å². The summed E-state index contributed by atoms with van der Waals surface area (Å²) in [4.78, 5) is 0. The Balaban J connectivity index is 2.86. The number of methoxy groups -OCH3 is 1. The molecule has 0 aliphatic heterocycles. The third kappa shape index (κ3) is 10.2. The van der Waals surface area contributed by atoms with Crippen LogP contribution in [0, 0.1) is 0 Å². The molecule has 156 valence electrons. The summed E-state index contributed by atoms with van der Waals surface area (Å²) in [5.41, 5.74) is 1.25. The molecule has 1 rings (SSSR count). The van der Waals surface area contributed by atoms with Gasteiger partial charge in [0.25, 0.3) is 0 Å². The SMILES string of the molecule is COc1ccccc1CCC[Si](C)(O[Si](C)(C)C)O[Si](C)(C)O[Si](C)(C)C. The van der Waals surface area contributed by atoms with E-state index in [1.165, 1.54) is 5.56 Å². The van der Waals surface area contributed by atoms with Gasteiger partial charge >= 0.3 is 17.1 Å². The third-order valence-electron chi connectivity index (χ3n) is 3.81. The summed E-state index contributed by atoms with van der Waals surface area (Å²) in [6.45, 7) is 20.0. The van der Waals surface area contributed by atoms with Gasteiger partial charge in [-0.15, -0.1) is 0 Å². The predicted octanol–water partition coefficient (Wildman–Crippen LogP) is 6.12. The minimum absolute atomic E-state index is 0.963. The van der Waals surface area contributed by atoms with Crippen molar-refractivity contribution in [3.05, 3.63) is 29.8 Å². The number of para-hydroxylation sites is 1. The molecule has 0 aliphatic rings. The second kappa shape index (κ2) is 9.51. The van der Waals surface area contributed by atoms with Crippen molar-refractivity contribution in [1.29, 1.82) is 0 Å². The van der Waals surface area contributed by atoms with Gasteiger partial charge in [-0.25, -0.2) is 0 Å². The van der Waals surface area contributed by atoms with Gasteiger partial charge in [0.1, 0.15) is 5.75 Å². The molecule has 1 aromatic rings. The van der Waals surface area contributed by atoms with Gasteiger partial charge in [-0.05, 0) is 89.4 Å². The Morgan fingerprint density at radius 2 is 1.30 bits per heavy atom. The lowest BCUT2D eigenvalue weighted by molar-refractivity contribution is 0.322. The van der Waals surface area contributed by atoms with Crippen LogP contribution in [0.5, 0.6) is 5.75 Å². The van der Waals surface area contributed by atoms with Crippen molar-refractivity contribution in [1.82, 2.24) is 0 Å². The van der Waals surface area contributed by atoms with Gasteiger partial charge in [0.15, 0.2) is 16.6 Å². The summed E-state index contributed by atoms with van der Waals surface area (Å²) >= 11 is 0. The highest BCUT2D eigenvalue weighted by Crippen LogP contribution is 2.29. The summed E-state index contributed by atoms with van der Waals surface area (Å²) in [7, 11) is -6.17. The molecule has 1 atom stereocenters. The summed E-state index contributed by atoms with van der Waals surface area (Å²) in [5, 5.41) is 0. The van der Waals surface area contributed by atoms with Crippen molar-refractivity contribution in [2.75, 3.05) is 7.11 Å². The molecule has 0 aromatic heterocycles. The molecule has 4 nitrogen and oxygen atoms in total. The minimum Gasteiger partial charge on any atom is -0.496 e.